The highest BCUT2D eigenvalue weighted by Gasteiger charge is 2.30. The van der Waals surface area contributed by atoms with Crippen molar-refractivity contribution in [3.8, 4) is 0 Å². The van der Waals surface area contributed by atoms with E-state index in [0.29, 0.717) is 31.0 Å². The zero-order valence-electron chi connectivity index (χ0n) is 12.8. The van der Waals surface area contributed by atoms with Crippen LogP contribution in [0.4, 0.5) is 0 Å². The Hall–Kier alpha value is -0.650. The minimum absolute atomic E-state index is 0.291. The van der Waals surface area contributed by atoms with Gasteiger partial charge in [0, 0.05) is 44.7 Å². The van der Waals surface area contributed by atoms with E-state index < -0.39 is 0 Å². The average Bonchev–Trinajstić information content (AvgIpc) is 2.91. The number of piperazine rings is 1. The smallest absolute Gasteiger partial charge is 0.224 e. The first kappa shape index (κ1) is 15.7. The van der Waals surface area contributed by atoms with E-state index in [1.165, 1.54) is 6.42 Å². The Morgan fingerprint density at radius 2 is 2.25 bits per heavy atom. The summed E-state index contributed by atoms with van der Waals surface area (Å²) in [4.78, 5) is 16.7. The topological polar surface area (TPSA) is 55.8 Å². The number of aliphatic hydroxyl groups is 1. The number of hydrogen-bond donors (Lipinski definition) is 2. The number of hydrogen-bond acceptors (Lipinski definition) is 4. The molecule has 0 aliphatic carbocycles. The van der Waals surface area contributed by atoms with Crippen LogP contribution in [0.25, 0.3) is 0 Å². The number of rotatable bonds is 5. The van der Waals surface area contributed by atoms with Gasteiger partial charge in [0.15, 0.2) is 0 Å². The summed E-state index contributed by atoms with van der Waals surface area (Å²) >= 11 is 0. The van der Waals surface area contributed by atoms with Gasteiger partial charge in [0.05, 0.1) is 6.10 Å². The lowest BCUT2D eigenvalue weighted by molar-refractivity contribution is -0.135. The van der Waals surface area contributed by atoms with Crippen molar-refractivity contribution >= 4 is 5.91 Å². The molecule has 0 spiro atoms. The maximum atomic E-state index is 12.4. The van der Waals surface area contributed by atoms with Crippen molar-refractivity contribution in [3.05, 3.63) is 0 Å². The Bertz CT molecular complexity index is 316. The summed E-state index contributed by atoms with van der Waals surface area (Å²) in [5, 5.41) is 12.9. The van der Waals surface area contributed by atoms with Crippen molar-refractivity contribution in [2.75, 3.05) is 32.7 Å². The predicted molar refractivity (Wildman–Crippen MR) is 79.6 cm³/mol. The third kappa shape index (κ3) is 4.17. The molecule has 0 bridgehead atoms. The van der Waals surface area contributed by atoms with Gasteiger partial charge in [-0.2, -0.15) is 0 Å². The molecule has 2 N–H and O–H groups in total. The molecule has 2 rings (SSSR count). The first-order chi connectivity index (χ1) is 9.60. The van der Waals surface area contributed by atoms with E-state index >= 15 is 0 Å². The van der Waals surface area contributed by atoms with Gasteiger partial charge in [-0.15, -0.1) is 0 Å². The van der Waals surface area contributed by atoms with E-state index in [4.69, 9.17) is 0 Å². The molecular formula is C15H29N3O2. The van der Waals surface area contributed by atoms with E-state index in [-0.39, 0.29) is 6.10 Å². The zero-order chi connectivity index (χ0) is 14.5. The number of amides is 1. The Kier molecular flexibility index (Phi) is 5.81. The van der Waals surface area contributed by atoms with Gasteiger partial charge in [-0.25, -0.2) is 0 Å². The van der Waals surface area contributed by atoms with Crippen molar-refractivity contribution < 1.29 is 9.90 Å². The lowest BCUT2D eigenvalue weighted by Crippen LogP contribution is -2.56. The molecule has 2 aliphatic rings. The van der Waals surface area contributed by atoms with Crippen LogP contribution in [0.5, 0.6) is 0 Å². The third-order valence-electron chi connectivity index (χ3n) is 4.51. The van der Waals surface area contributed by atoms with Crippen LogP contribution >= 0.6 is 0 Å². The van der Waals surface area contributed by atoms with Crippen LogP contribution in [0, 0.1) is 0 Å². The van der Waals surface area contributed by atoms with Crippen LogP contribution in [-0.2, 0) is 4.79 Å². The summed E-state index contributed by atoms with van der Waals surface area (Å²) in [6.07, 6.45) is 3.70. The van der Waals surface area contributed by atoms with Crippen LogP contribution < -0.4 is 5.32 Å². The van der Waals surface area contributed by atoms with Gasteiger partial charge in [-0.05, 0) is 32.7 Å². The molecule has 2 aliphatic heterocycles. The molecule has 2 saturated heterocycles. The highest BCUT2D eigenvalue weighted by Crippen LogP contribution is 2.16. The van der Waals surface area contributed by atoms with Gasteiger partial charge in [0.2, 0.25) is 5.91 Å². The molecule has 0 saturated carbocycles. The predicted octanol–water partition coefficient (Wildman–Crippen LogP) is 0.432. The van der Waals surface area contributed by atoms with Crippen LogP contribution in [0.2, 0.25) is 0 Å². The molecular weight excluding hydrogens is 254 g/mol. The van der Waals surface area contributed by atoms with Crippen molar-refractivity contribution in [3.63, 3.8) is 0 Å². The fourth-order valence-corrected chi connectivity index (χ4v) is 3.36. The maximum absolute atomic E-state index is 12.4. The SMILES string of the molecule is CCC1CN(C(=O)CC2CCCN2)CCN1CC(C)O. The van der Waals surface area contributed by atoms with Gasteiger partial charge in [-0.3, -0.25) is 9.69 Å². The lowest BCUT2D eigenvalue weighted by Gasteiger charge is -2.42. The van der Waals surface area contributed by atoms with Gasteiger partial charge < -0.3 is 15.3 Å². The summed E-state index contributed by atoms with van der Waals surface area (Å²) in [5.41, 5.74) is 0. The molecule has 0 aromatic rings. The molecule has 0 aromatic carbocycles. The molecule has 116 valence electrons. The second-order valence-electron chi connectivity index (χ2n) is 6.24. The summed E-state index contributed by atoms with van der Waals surface area (Å²) in [6, 6.07) is 0.775. The summed E-state index contributed by atoms with van der Waals surface area (Å²) in [5.74, 6) is 0.291. The van der Waals surface area contributed by atoms with E-state index in [0.717, 1.165) is 39.0 Å². The third-order valence-corrected chi connectivity index (χ3v) is 4.51. The number of nitrogens with zero attached hydrogens (tertiary/aromatic N) is 2. The van der Waals surface area contributed by atoms with Crippen LogP contribution in [-0.4, -0.2) is 71.7 Å². The van der Waals surface area contributed by atoms with Gasteiger partial charge in [-0.1, -0.05) is 6.92 Å². The molecule has 5 heteroatoms. The number of nitrogens with one attached hydrogen (secondary N) is 1. The Morgan fingerprint density at radius 1 is 1.45 bits per heavy atom. The Morgan fingerprint density at radius 3 is 2.85 bits per heavy atom. The summed E-state index contributed by atoms with van der Waals surface area (Å²) in [6.45, 7) is 8.25. The van der Waals surface area contributed by atoms with Crippen molar-refractivity contribution in [1.82, 2.24) is 15.1 Å². The first-order valence-electron chi connectivity index (χ1n) is 8.03. The largest absolute Gasteiger partial charge is 0.392 e. The van der Waals surface area contributed by atoms with Crippen molar-refractivity contribution in [2.24, 2.45) is 0 Å². The molecule has 3 atom stereocenters. The second kappa shape index (κ2) is 7.38. The molecule has 1 amide bonds. The lowest BCUT2D eigenvalue weighted by atomic mass is 10.1. The van der Waals surface area contributed by atoms with Crippen molar-refractivity contribution in [1.29, 1.82) is 0 Å². The second-order valence-corrected chi connectivity index (χ2v) is 6.24. The molecule has 3 unspecified atom stereocenters. The minimum Gasteiger partial charge on any atom is -0.392 e. The van der Waals surface area contributed by atoms with E-state index in [1.54, 1.807) is 0 Å². The zero-order valence-corrected chi connectivity index (χ0v) is 12.8. The number of β-amino-alcohol motifs (C(OH)–C–C–N with tert-alkyl or cyclic N) is 1. The minimum atomic E-state index is -0.297. The standard InChI is InChI=1S/C15H29N3O2/c1-3-14-11-18(8-7-17(14)10-12(2)19)15(20)9-13-5-4-6-16-13/h12-14,16,19H,3-11H2,1-2H3. The van der Waals surface area contributed by atoms with Gasteiger partial charge in [0.1, 0.15) is 0 Å². The van der Waals surface area contributed by atoms with Gasteiger partial charge >= 0.3 is 0 Å². The van der Waals surface area contributed by atoms with E-state index in [2.05, 4.69) is 17.1 Å². The molecule has 2 heterocycles. The average molecular weight is 283 g/mol. The normalized spacial score (nSPS) is 29.6. The highest BCUT2D eigenvalue weighted by molar-refractivity contribution is 5.77. The van der Waals surface area contributed by atoms with E-state index in [9.17, 15) is 9.90 Å². The quantitative estimate of drug-likeness (QED) is 0.768. The molecule has 0 aromatic heterocycles. The Labute approximate surface area is 122 Å². The van der Waals surface area contributed by atoms with Gasteiger partial charge in [0.25, 0.3) is 0 Å². The highest BCUT2D eigenvalue weighted by atomic mass is 16.3. The first-order valence-corrected chi connectivity index (χ1v) is 8.03. The molecule has 2 fully saturated rings. The fraction of sp³-hybridized carbons (Fsp3) is 0.933. The van der Waals surface area contributed by atoms with Crippen LogP contribution in [0.1, 0.15) is 39.5 Å². The van der Waals surface area contributed by atoms with E-state index in [1.807, 2.05) is 11.8 Å². The van der Waals surface area contributed by atoms with Crippen LogP contribution in [0.15, 0.2) is 0 Å². The number of carbonyl (C=O) groups excluding carboxylic acids is 1. The number of aliphatic hydroxyl groups excluding tert-OH is 1. The summed E-state index contributed by atoms with van der Waals surface area (Å²) < 4.78 is 0. The monoisotopic (exact) mass is 283 g/mol. The molecule has 20 heavy (non-hydrogen) atoms. The van der Waals surface area contributed by atoms with Crippen molar-refractivity contribution in [2.45, 2.75) is 57.7 Å². The summed E-state index contributed by atoms with van der Waals surface area (Å²) in [7, 11) is 0. The Balaban J connectivity index is 1.83. The molecule has 5 nitrogen and oxygen atoms in total. The molecule has 0 radical (unpaired) electrons. The number of carbonyl (C=O) groups is 1. The fourth-order valence-electron chi connectivity index (χ4n) is 3.36. The van der Waals surface area contributed by atoms with Crippen LogP contribution in [0.3, 0.4) is 0 Å². The maximum Gasteiger partial charge on any atom is 0.224 e.